The van der Waals surface area contributed by atoms with E-state index in [-0.39, 0.29) is 5.91 Å². The smallest absolute Gasteiger partial charge is 0.224 e. The molecule has 1 aromatic carbocycles. The normalized spacial score (nSPS) is 15.4. The predicted molar refractivity (Wildman–Crippen MR) is 101 cm³/mol. The molecule has 2 aromatic rings. The van der Waals surface area contributed by atoms with Crippen LogP contribution in [0, 0.1) is 0 Å². The molecule has 1 fully saturated rings. The number of furan rings is 1. The number of anilines is 2. The SMILES string of the molecule is CCN1CCN(c2ccc(Cl)cc2NC(=O)CCc2ccco2)CC1. The van der Waals surface area contributed by atoms with E-state index in [2.05, 4.69) is 22.0 Å². The summed E-state index contributed by atoms with van der Waals surface area (Å²) >= 11 is 6.15. The van der Waals surface area contributed by atoms with Crippen LogP contribution in [0.5, 0.6) is 0 Å². The standard InChI is InChI=1S/C19H24ClN3O2/c1-2-22-9-11-23(12-10-22)18-7-5-15(20)14-17(18)21-19(24)8-6-16-4-3-13-25-16/h3-5,7,13-14H,2,6,8-12H2,1H3,(H,21,24). The lowest BCUT2D eigenvalue weighted by atomic mass is 10.2. The molecule has 1 aliphatic rings. The molecule has 1 aromatic heterocycles. The van der Waals surface area contributed by atoms with Gasteiger partial charge in [-0.15, -0.1) is 0 Å². The van der Waals surface area contributed by atoms with Gasteiger partial charge in [-0.2, -0.15) is 0 Å². The predicted octanol–water partition coefficient (Wildman–Crippen LogP) is 3.65. The molecular weight excluding hydrogens is 338 g/mol. The average molecular weight is 362 g/mol. The Hall–Kier alpha value is -1.98. The number of nitrogens with zero attached hydrogens (tertiary/aromatic N) is 2. The lowest BCUT2D eigenvalue weighted by Gasteiger charge is -2.36. The largest absolute Gasteiger partial charge is 0.469 e. The first-order valence-corrected chi connectivity index (χ1v) is 9.12. The third-order valence-electron chi connectivity index (χ3n) is 4.57. The van der Waals surface area contributed by atoms with Crippen molar-refractivity contribution in [3.63, 3.8) is 0 Å². The van der Waals surface area contributed by atoms with Gasteiger partial charge in [-0.05, 0) is 36.9 Å². The van der Waals surface area contributed by atoms with Crippen molar-refractivity contribution >= 4 is 28.9 Å². The van der Waals surface area contributed by atoms with Gasteiger partial charge in [-0.3, -0.25) is 4.79 Å². The van der Waals surface area contributed by atoms with Gasteiger partial charge in [-0.1, -0.05) is 18.5 Å². The van der Waals surface area contributed by atoms with Crippen molar-refractivity contribution in [3.8, 4) is 0 Å². The van der Waals surface area contributed by atoms with E-state index >= 15 is 0 Å². The first-order valence-electron chi connectivity index (χ1n) is 8.75. The number of piperazine rings is 1. The van der Waals surface area contributed by atoms with Crippen LogP contribution in [0.4, 0.5) is 11.4 Å². The first-order chi connectivity index (χ1) is 12.2. The van der Waals surface area contributed by atoms with Crippen LogP contribution in [-0.4, -0.2) is 43.5 Å². The Balaban J connectivity index is 1.65. The molecule has 0 bridgehead atoms. The zero-order valence-electron chi connectivity index (χ0n) is 14.5. The molecule has 25 heavy (non-hydrogen) atoms. The highest BCUT2D eigenvalue weighted by atomic mass is 35.5. The van der Waals surface area contributed by atoms with Crippen LogP contribution in [0.25, 0.3) is 0 Å². The lowest BCUT2D eigenvalue weighted by Crippen LogP contribution is -2.46. The molecule has 0 aliphatic carbocycles. The molecule has 2 heterocycles. The number of hydrogen-bond acceptors (Lipinski definition) is 4. The Labute approximate surface area is 153 Å². The second kappa shape index (κ2) is 8.41. The van der Waals surface area contributed by atoms with E-state index in [1.165, 1.54) is 0 Å². The third-order valence-corrected chi connectivity index (χ3v) is 4.81. The monoisotopic (exact) mass is 361 g/mol. The van der Waals surface area contributed by atoms with Crippen LogP contribution in [0.15, 0.2) is 41.0 Å². The number of hydrogen-bond donors (Lipinski definition) is 1. The fourth-order valence-electron chi connectivity index (χ4n) is 3.09. The minimum Gasteiger partial charge on any atom is -0.469 e. The number of likely N-dealkylation sites (N-methyl/N-ethyl adjacent to an activating group) is 1. The van der Waals surface area contributed by atoms with Crippen LogP contribution < -0.4 is 10.2 Å². The van der Waals surface area contributed by atoms with Crippen molar-refractivity contribution in [2.45, 2.75) is 19.8 Å². The average Bonchev–Trinajstić information content (AvgIpc) is 3.14. The second-order valence-corrected chi connectivity index (χ2v) is 6.65. The van der Waals surface area contributed by atoms with Crippen molar-refractivity contribution < 1.29 is 9.21 Å². The van der Waals surface area contributed by atoms with Gasteiger partial charge >= 0.3 is 0 Å². The molecule has 1 saturated heterocycles. The number of benzene rings is 1. The van der Waals surface area contributed by atoms with E-state index in [0.717, 1.165) is 49.9 Å². The molecule has 5 nitrogen and oxygen atoms in total. The summed E-state index contributed by atoms with van der Waals surface area (Å²) < 4.78 is 5.28. The molecule has 1 aliphatic heterocycles. The molecule has 0 spiro atoms. The van der Waals surface area contributed by atoms with Gasteiger partial charge in [-0.25, -0.2) is 0 Å². The van der Waals surface area contributed by atoms with Crippen LogP contribution >= 0.6 is 11.6 Å². The van der Waals surface area contributed by atoms with Crippen molar-refractivity contribution in [2.75, 3.05) is 42.9 Å². The van der Waals surface area contributed by atoms with Crippen LogP contribution in [-0.2, 0) is 11.2 Å². The quantitative estimate of drug-likeness (QED) is 0.853. The van der Waals surface area contributed by atoms with Crippen LogP contribution in [0.1, 0.15) is 19.1 Å². The lowest BCUT2D eigenvalue weighted by molar-refractivity contribution is -0.116. The van der Waals surface area contributed by atoms with Crippen LogP contribution in [0.3, 0.4) is 0 Å². The highest BCUT2D eigenvalue weighted by molar-refractivity contribution is 6.31. The maximum absolute atomic E-state index is 12.3. The van der Waals surface area contributed by atoms with Crippen molar-refractivity contribution in [1.29, 1.82) is 0 Å². The third kappa shape index (κ3) is 4.77. The van der Waals surface area contributed by atoms with E-state index in [1.54, 1.807) is 6.26 Å². The van der Waals surface area contributed by atoms with Gasteiger partial charge < -0.3 is 19.5 Å². The molecule has 6 heteroatoms. The van der Waals surface area contributed by atoms with E-state index < -0.39 is 0 Å². The summed E-state index contributed by atoms with van der Waals surface area (Å²) in [6.07, 6.45) is 2.59. The van der Waals surface area contributed by atoms with E-state index in [4.69, 9.17) is 16.0 Å². The summed E-state index contributed by atoms with van der Waals surface area (Å²) in [5, 5.41) is 3.64. The van der Waals surface area contributed by atoms with E-state index in [0.29, 0.717) is 17.9 Å². The number of halogens is 1. The number of rotatable bonds is 6. The summed E-state index contributed by atoms with van der Waals surface area (Å²) in [6, 6.07) is 9.41. The molecule has 1 amide bonds. The highest BCUT2D eigenvalue weighted by Gasteiger charge is 2.19. The van der Waals surface area contributed by atoms with Crippen molar-refractivity contribution in [2.24, 2.45) is 0 Å². The number of carbonyl (C=O) groups excluding carboxylic acids is 1. The molecule has 1 N–H and O–H groups in total. The van der Waals surface area contributed by atoms with Crippen molar-refractivity contribution in [1.82, 2.24) is 4.90 Å². The van der Waals surface area contributed by atoms with Crippen molar-refractivity contribution in [3.05, 3.63) is 47.4 Å². The summed E-state index contributed by atoms with van der Waals surface area (Å²) in [6.45, 7) is 7.22. The zero-order valence-corrected chi connectivity index (χ0v) is 15.3. The Morgan fingerprint density at radius 2 is 2.04 bits per heavy atom. The molecule has 3 rings (SSSR count). The van der Waals surface area contributed by atoms with Gasteiger partial charge in [0.1, 0.15) is 5.76 Å². The molecule has 0 saturated carbocycles. The minimum atomic E-state index is -0.0351. The Morgan fingerprint density at radius 3 is 2.72 bits per heavy atom. The van der Waals surface area contributed by atoms with Gasteiger partial charge in [0.15, 0.2) is 0 Å². The molecule has 0 unspecified atom stereocenters. The fourth-order valence-corrected chi connectivity index (χ4v) is 3.27. The number of nitrogens with one attached hydrogen (secondary N) is 1. The summed E-state index contributed by atoms with van der Waals surface area (Å²) in [5.41, 5.74) is 1.81. The van der Waals surface area contributed by atoms with E-state index in [1.807, 2.05) is 30.3 Å². The minimum absolute atomic E-state index is 0.0351. The number of carbonyl (C=O) groups is 1. The highest BCUT2D eigenvalue weighted by Crippen LogP contribution is 2.30. The topological polar surface area (TPSA) is 48.7 Å². The van der Waals surface area contributed by atoms with E-state index in [9.17, 15) is 4.79 Å². The fraction of sp³-hybridized carbons (Fsp3) is 0.421. The van der Waals surface area contributed by atoms with Crippen LogP contribution in [0.2, 0.25) is 5.02 Å². The number of aryl methyl sites for hydroxylation is 1. The molecule has 0 radical (unpaired) electrons. The maximum Gasteiger partial charge on any atom is 0.224 e. The molecule has 134 valence electrons. The maximum atomic E-state index is 12.3. The molecule has 0 atom stereocenters. The first kappa shape index (κ1) is 17.8. The Morgan fingerprint density at radius 1 is 1.24 bits per heavy atom. The van der Waals surface area contributed by atoms with Gasteiger partial charge in [0.2, 0.25) is 5.91 Å². The summed E-state index contributed by atoms with van der Waals surface area (Å²) in [7, 11) is 0. The summed E-state index contributed by atoms with van der Waals surface area (Å²) in [5.74, 6) is 0.782. The molecular formula is C19H24ClN3O2. The van der Waals surface area contributed by atoms with Gasteiger partial charge in [0, 0.05) is 44.0 Å². The Bertz CT molecular complexity index is 695. The second-order valence-electron chi connectivity index (χ2n) is 6.21. The zero-order chi connectivity index (χ0) is 17.6. The Kier molecular flexibility index (Phi) is 6.00. The van der Waals surface area contributed by atoms with Gasteiger partial charge in [0.25, 0.3) is 0 Å². The summed E-state index contributed by atoms with van der Waals surface area (Å²) in [4.78, 5) is 17.1. The van der Waals surface area contributed by atoms with Gasteiger partial charge in [0.05, 0.1) is 17.6 Å². The number of amides is 1.